The normalized spacial score (nSPS) is 11.5. The SMILES string of the molecule is CCN(C(=O)C(C)CN)c1cccc(Cl)c1.Cl. The fourth-order valence-electron chi connectivity index (χ4n) is 1.48. The van der Waals surface area contributed by atoms with E-state index in [0.29, 0.717) is 18.1 Å². The van der Waals surface area contributed by atoms with Crippen LogP contribution in [0.25, 0.3) is 0 Å². The summed E-state index contributed by atoms with van der Waals surface area (Å²) < 4.78 is 0. The second-order valence-corrected chi connectivity index (χ2v) is 4.14. The van der Waals surface area contributed by atoms with Gasteiger partial charge in [0.1, 0.15) is 0 Å². The van der Waals surface area contributed by atoms with Gasteiger partial charge in [-0.3, -0.25) is 4.79 Å². The molecule has 2 N–H and O–H groups in total. The minimum Gasteiger partial charge on any atom is -0.330 e. The highest BCUT2D eigenvalue weighted by atomic mass is 35.5. The maximum absolute atomic E-state index is 12.0. The van der Waals surface area contributed by atoms with Crippen molar-refractivity contribution in [3.05, 3.63) is 29.3 Å². The standard InChI is InChI=1S/C12H17ClN2O.ClH/c1-3-15(12(16)9(2)8-14)11-6-4-5-10(13)7-11;/h4-7,9H,3,8,14H2,1-2H3;1H. The molecule has 1 aromatic carbocycles. The molecule has 1 amide bonds. The van der Waals surface area contributed by atoms with Gasteiger partial charge in [-0.1, -0.05) is 24.6 Å². The molecule has 0 radical (unpaired) electrons. The predicted molar refractivity (Wildman–Crippen MR) is 74.9 cm³/mol. The highest BCUT2D eigenvalue weighted by molar-refractivity contribution is 6.30. The first kappa shape index (κ1) is 16.2. The van der Waals surface area contributed by atoms with Gasteiger partial charge in [-0.05, 0) is 25.1 Å². The maximum atomic E-state index is 12.0. The molecule has 1 rings (SSSR count). The molecule has 0 aliphatic carbocycles. The van der Waals surface area contributed by atoms with Crippen LogP contribution in [0.4, 0.5) is 5.69 Å². The Kier molecular flexibility index (Phi) is 7.19. The van der Waals surface area contributed by atoms with Gasteiger partial charge >= 0.3 is 0 Å². The molecule has 0 bridgehead atoms. The molecule has 0 saturated heterocycles. The molecular weight excluding hydrogens is 259 g/mol. The van der Waals surface area contributed by atoms with E-state index in [0.717, 1.165) is 5.69 Å². The summed E-state index contributed by atoms with van der Waals surface area (Å²) in [6.07, 6.45) is 0. The van der Waals surface area contributed by atoms with Gasteiger partial charge in [-0.25, -0.2) is 0 Å². The summed E-state index contributed by atoms with van der Waals surface area (Å²) >= 11 is 5.90. The number of halogens is 2. The number of nitrogens with two attached hydrogens (primary N) is 1. The van der Waals surface area contributed by atoms with E-state index in [4.69, 9.17) is 17.3 Å². The van der Waals surface area contributed by atoms with Gasteiger partial charge in [-0.15, -0.1) is 12.4 Å². The van der Waals surface area contributed by atoms with E-state index >= 15 is 0 Å². The Labute approximate surface area is 113 Å². The zero-order valence-electron chi connectivity index (χ0n) is 10.0. The summed E-state index contributed by atoms with van der Waals surface area (Å²) in [4.78, 5) is 13.7. The van der Waals surface area contributed by atoms with Gasteiger partial charge in [0.15, 0.2) is 0 Å². The first-order valence-electron chi connectivity index (χ1n) is 5.37. The molecule has 3 nitrogen and oxygen atoms in total. The van der Waals surface area contributed by atoms with Crippen molar-refractivity contribution >= 4 is 35.6 Å². The monoisotopic (exact) mass is 276 g/mol. The third-order valence-corrected chi connectivity index (χ3v) is 2.71. The molecule has 0 aromatic heterocycles. The van der Waals surface area contributed by atoms with Crippen LogP contribution in [0, 0.1) is 5.92 Å². The number of carbonyl (C=O) groups is 1. The zero-order chi connectivity index (χ0) is 12.1. The molecule has 1 unspecified atom stereocenters. The molecule has 0 spiro atoms. The third kappa shape index (κ3) is 4.19. The van der Waals surface area contributed by atoms with Crippen molar-refractivity contribution in [3.63, 3.8) is 0 Å². The van der Waals surface area contributed by atoms with Gasteiger partial charge in [0.05, 0.1) is 0 Å². The van der Waals surface area contributed by atoms with Crippen LogP contribution in [0.15, 0.2) is 24.3 Å². The van der Waals surface area contributed by atoms with Crippen LogP contribution in [-0.4, -0.2) is 19.0 Å². The predicted octanol–water partition coefficient (Wildman–Crippen LogP) is 2.71. The van der Waals surface area contributed by atoms with E-state index < -0.39 is 0 Å². The van der Waals surface area contributed by atoms with Gasteiger partial charge < -0.3 is 10.6 Å². The van der Waals surface area contributed by atoms with Crippen molar-refractivity contribution in [2.24, 2.45) is 11.7 Å². The van der Waals surface area contributed by atoms with Crippen molar-refractivity contribution in [1.82, 2.24) is 0 Å². The van der Waals surface area contributed by atoms with E-state index in [2.05, 4.69) is 0 Å². The topological polar surface area (TPSA) is 46.3 Å². The van der Waals surface area contributed by atoms with Crippen LogP contribution in [0.2, 0.25) is 5.02 Å². The molecular formula is C12H18Cl2N2O. The lowest BCUT2D eigenvalue weighted by Crippen LogP contribution is -2.37. The Balaban J connectivity index is 0.00000256. The van der Waals surface area contributed by atoms with Crippen LogP contribution in [-0.2, 0) is 4.79 Å². The Morgan fingerprint density at radius 1 is 1.53 bits per heavy atom. The van der Waals surface area contributed by atoms with Crippen molar-refractivity contribution in [2.45, 2.75) is 13.8 Å². The van der Waals surface area contributed by atoms with Gasteiger partial charge in [0.25, 0.3) is 0 Å². The van der Waals surface area contributed by atoms with Crippen molar-refractivity contribution < 1.29 is 4.79 Å². The molecule has 17 heavy (non-hydrogen) atoms. The number of rotatable bonds is 4. The molecule has 0 heterocycles. The summed E-state index contributed by atoms with van der Waals surface area (Å²) in [5, 5.41) is 0.629. The quantitative estimate of drug-likeness (QED) is 0.919. The fraction of sp³-hybridized carbons (Fsp3) is 0.417. The first-order valence-corrected chi connectivity index (χ1v) is 5.75. The summed E-state index contributed by atoms with van der Waals surface area (Å²) in [7, 11) is 0. The Morgan fingerprint density at radius 3 is 2.65 bits per heavy atom. The van der Waals surface area contributed by atoms with Gasteiger partial charge in [0.2, 0.25) is 5.91 Å². The van der Waals surface area contributed by atoms with Gasteiger partial charge in [-0.2, -0.15) is 0 Å². The Bertz CT molecular complexity index is 371. The molecule has 1 atom stereocenters. The summed E-state index contributed by atoms with van der Waals surface area (Å²) in [5.41, 5.74) is 6.32. The number of hydrogen-bond donors (Lipinski definition) is 1. The van der Waals surface area contributed by atoms with E-state index in [9.17, 15) is 4.79 Å². The number of benzene rings is 1. The number of hydrogen-bond acceptors (Lipinski definition) is 2. The van der Waals surface area contributed by atoms with Crippen LogP contribution in [0.5, 0.6) is 0 Å². The molecule has 1 aromatic rings. The lowest BCUT2D eigenvalue weighted by Gasteiger charge is -2.24. The summed E-state index contributed by atoms with van der Waals surface area (Å²) in [6.45, 7) is 4.73. The fourth-order valence-corrected chi connectivity index (χ4v) is 1.66. The van der Waals surface area contributed by atoms with Crippen molar-refractivity contribution in [1.29, 1.82) is 0 Å². The van der Waals surface area contributed by atoms with E-state index in [1.165, 1.54) is 0 Å². The second kappa shape index (κ2) is 7.54. The van der Waals surface area contributed by atoms with Crippen molar-refractivity contribution in [2.75, 3.05) is 18.0 Å². The Hall–Kier alpha value is -0.770. The number of carbonyl (C=O) groups excluding carboxylic acids is 1. The zero-order valence-corrected chi connectivity index (χ0v) is 11.6. The van der Waals surface area contributed by atoms with Crippen LogP contribution in [0.3, 0.4) is 0 Å². The van der Waals surface area contributed by atoms with E-state index in [1.807, 2.05) is 26.0 Å². The molecule has 96 valence electrons. The largest absolute Gasteiger partial charge is 0.330 e. The Morgan fingerprint density at radius 2 is 2.18 bits per heavy atom. The van der Waals surface area contributed by atoms with Crippen LogP contribution in [0.1, 0.15) is 13.8 Å². The lowest BCUT2D eigenvalue weighted by molar-refractivity contribution is -0.121. The number of amides is 1. The summed E-state index contributed by atoms with van der Waals surface area (Å²) in [5.74, 6) is -0.133. The van der Waals surface area contributed by atoms with E-state index in [-0.39, 0.29) is 24.2 Å². The molecule has 5 heteroatoms. The average molecular weight is 277 g/mol. The minimum atomic E-state index is -0.168. The molecule has 0 aliphatic heterocycles. The van der Waals surface area contributed by atoms with E-state index in [1.54, 1.807) is 17.0 Å². The maximum Gasteiger partial charge on any atom is 0.231 e. The third-order valence-electron chi connectivity index (χ3n) is 2.48. The minimum absolute atomic E-state index is 0. The van der Waals surface area contributed by atoms with Crippen LogP contribution < -0.4 is 10.6 Å². The van der Waals surface area contributed by atoms with Gasteiger partial charge in [0, 0.05) is 29.7 Å². The number of nitrogens with zero attached hydrogens (tertiary/aromatic N) is 1. The lowest BCUT2D eigenvalue weighted by atomic mass is 10.1. The highest BCUT2D eigenvalue weighted by Gasteiger charge is 2.19. The summed E-state index contributed by atoms with van der Waals surface area (Å²) in [6, 6.07) is 7.28. The number of anilines is 1. The van der Waals surface area contributed by atoms with Crippen molar-refractivity contribution in [3.8, 4) is 0 Å². The smallest absolute Gasteiger partial charge is 0.231 e. The molecule has 0 fully saturated rings. The second-order valence-electron chi connectivity index (χ2n) is 3.70. The first-order chi connectivity index (χ1) is 7.60. The molecule has 0 saturated carbocycles. The van der Waals surface area contributed by atoms with Crippen LogP contribution >= 0.6 is 24.0 Å². The average Bonchev–Trinajstić information content (AvgIpc) is 2.29. The molecule has 0 aliphatic rings. The highest BCUT2D eigenvalue weighted by Crippen LogP contribution is 2.20.